The zero-order chi connectivity index (χ0) is 9.78. The molecule has 1 aliphatic heterocycles. The molecule has 0 amide bonds. The van der Waals surface area contributed by atoms with Gasteiger partial charge >= 0.3 is 0 Å². The van der Waals surface area contributed by atoms with Crippen molar-refractivity contribution in [3.8, 4) is 0 Å². The molecule has 1 atom stereocenters. The summed E-state index contributed by atoms with van der Waals surface area (Å²) in [6.45, 7) is 9.56. The van der Waals surface area contributed by atoms with Crippen LogP contribution < -0.4 is 0 Å². The van der Waals surface area contributed by atoms with Crippen LogP contribution in [0.15, 0.2) is 0 Å². The van der Waals surface area contributed by atoms with Crippen LogP contribution in [-0.4, -0.2) is 18.4 Å². The highest BCUT2D eigenvalue weighted by atomic mass is 32.2. The van der Waals surface area contributed by atoms with Gasteiger partial charge in [-0.05, 0) is 32.6 Å². The lowest BCUT2D eigenvalue weighted by Gasteiger charge is -2.32. The molecule has 1 fully saturated rings. The molecule has 72 valence electrons. The molecule has 0 spiro atoms. The molecule has 0 aromatic rings. The van der Waals surface area contributed by atoms with Crippen LogP contribution in [0, 0.1) is 5.41 Å². The number of rotatable bonds is 0. The topological polar surface area (TPSA) is 34.1 Å². The summed E-state index contributed by atoms with van der Waals surface area (Å²) < 4.78 is 23.1. The van der Waals surface area contributed by atoms with E-state index < -0.39 is 14.6 Å². The van der Waals surface area contributed by atoms with Crippen LogP contribution in [0.5, 0.6) is 0 Å². The van der Waals surface area contributed by atoms with Crippen LogP contribution in [0.2, 0.25) is 0 Å². The first-order valence-electron chi connectivity index (χ1n) is 4.36. The maximum absolute atomic E-state index is 11.8. The van der Waals surface area contributed by atoms with E-state index in [-0.39, 0.29) is 10.7 Å². The van der Waals surface area contributed by atoms with Gasteiger partial charge in [0.2, 0.25) is 0 Å². The number of hydrogen-bond acceptors (Lipinski definition) is 2. The molecule has 0 bridgehead atoms. The Hall–Kier alpha value is -0.0500. The van der Waals surface area contributed by atoms with Crippen molar-refractivity contribution in [2.45, 2.75) is 51.0 Å². The Bertz CT molecular complexity index is 286. The minimum Gasteiger partial charge on any atom is -0.228 e. The third kappa shape index (κ3) is 0.951. The monoisotopic (exact) mass is 190 g/mol. The second-order valence-corrected chi connectivity index (χ2v) is 7.87. The third-order valence-electron chi connectivity index (χ3n) is 3.67. The fourth-order valence-corrected chi connectivity index (χ4v) is 4.46. The molecule has 0 saturated carbocycles. The Morgan fingerprint density at radius 2 is 1.58 bits per heavy atom. The SMILES string of the molecule is CC1CC(C)(C)C(C)(C)S1(=O)=O. The predicted octanol–water partition coefficient (Wildman–Crippen LogP) is 2.00. The first-order valence-corrected chi connectivity index (χ1v) is 5.91. The van der Waals surface area contributed by atoms with E-state index >= 15 is 0 Å². The van der Waals surface area contributed by atoms with Crippen molar-refractivity contribution in [3.63, 3.8) is 0 Å². The van der Waals surface area contributed by atoms with E-state index in [0.717, 1.165) is 6.42 Å². The molecular weight excluding hydrogens is 172 g/mol. The maximum Gasteiger partial charge on any atom is 0.158 e. The highest BCUT2D eigenvalue weighted by Crippen LogP contribution is 2.50. The zero-order valence-electron chi connectivity index (χ0n) is 8.51. The van der Waals surface area contributed by atoms with Crippen molar-refractivity contribution in [2.24, 2.45) is 5.41 Å². The first-order chi connectivity index (χ1) is 5.13. The smallest absolute Gasteiger partial charge is 0.158 e. The molecule has 1 rings (SSSR count). The molecule has 1 aliphatic rings. The molecule has 12 heavy (non-hydrogen) atoms. The Morgan fingerprint density at radius 3 is 1.67 bits per heavy atom. The van der Waals surface area contributed by atoms with Crippen molar-refractivity contribution in [3.05, 3.63) is 0 Å². The van der Waals surface area contributed by atoms with Gasteiger partial charge in [0, 0.05) is 0 Å². The second-order valence-electron chi connectivity index (χ2n) is 4.95. The quantitative estimate of drug-likeness (QED) is 0.585. The summed E-state index contributed by atoms with van der Waals surface area (Å²) in [5, 5.41) is -0.178. The molecule has 1 unspecified atom stereocenters. The van der Waals surface area contributed by atoms with Crippen molar-refractivity contribution in [2.75, 3.05) is 0 Å². The highest BCUT2D eigenvalue weighted by molar-refractivity contribution is 7.93. The first kappa shape index (κ1) is 10.0. The minimum atomic E-state index is -2.91. The van der Waals surface area contributed by atoms with E-state index in [9.17, 15) is 8.42 Å². The van der Waals surface area contributed by atoms with Gasteiger partial charge < -0.3 is 0 Å². The molecule has 1 heterocycles. The van der Waals surface area contributed by atoms with Crippen LogP contribution >= 0.6 is 0 Å². The summed E-state index contributed by atoms with van der Waals surface area (Å²) in [4.78, 5) is 0. The summed E-state index contributed by atoms with van der Waals surface area (Å²) in [7, 11) is -2.91. The van der Waals surface area contributed by atoms with Gasteiger partial charge in [-0.25, -0.2) is 8.42 Å². The molecular formula is C9H18O2S. The lowest BCUT2D eigenvalue weighted by atomic mass is 9.77. The van der Waals surface area contributed by atoms with Gasteiger partial charge in [-0.15, -0.1) is 0 Å². The van der Waals surface area contributed by atoms with Crippen LogP contribution in [0.25, 0.3) is 0 Å². The van der Waals surface area contributed by atoms with Crippen molar-refractivity contribution < 1.29 is 8.42 Å². The molecule has 1 saturated heterocycles. The van der Waals surface area contributed by atoms with E-state index in [1.54, 1.807) is 0 Å². The lowest BCUT2D eigenvalue weighted by molar-refractivity contribution is 0.279. The summed E-state index contributed by atoms with van der Waals surface area (Å²) in [5.74, 6) is 0. The number of hydrogen-bond donors (Lipinski definition) is 0. The van der Waals surface area contributed by atoms with E-state index in [1.807, 2.05) is 34.6 Å². The molecule has 0 aromatic carbocycles. The molecule has 0 aromatic heterocycles. The Morgan fingerprint density at radius 1 is 1.17 bits per heavy atom. The second kappa shape index (κ2) is 2.25. The van der Waals surface area contributed by atoms with Gasteiger partial charge in [0.25, 0.3) is 0 Å². The number of sulfone groups is 1. The molecule has 2 nitrogen and oxygen atoms in total. The van der Waals surface area contributed by atoms with E-state index in [0.29, 0.717) is 0 Å². The van der Waals surface area contributed by atoms with Gasteiger partial charge in [-0.2, -0.15) is 0 Å². The highest BCUT2D eigenvalue weighted by Gasteiger charge is 2.56. The van der Waals surface area contributed by atoms with Crippen molar-refractivity contribution in [1.29, 1.82) is 0 Å². The Kier molecular flexibility index (Phi) is 1.88. The van der Waals surface area contributed by atoms with E-state index in [2.05, 4.69) is 0 Å². The molecule has 0 N–H and O–H groups in total. The lowest BCUT2D eigenvalue weighted by Crippen LogP contribution is -2.39. The van der Waals surface area contributed by atoms with Crippen LogP contribution in [-0.2, 0) is 9.84 Å². The summed E-state index contributed by atoms with van der Waals surface area (Å²) in [5.41, 5.74) is -0.0920. The average molecular weight is 190 g/mol. The van der Waals surface area contributed by atoms with Crippen LogP contribution in [0.1, 0.15) is 41.0 Å². The van der Waals surface area contributed by atoms with Crippen molar-refractivity contribution in [1.82, 2.24) is 0 Å². The van der Waals surface area contributed by atoms with E-state index in [4.69, 9.17) is 0 Å². The van der Waals surface area contributed by atoms with E-state index in [1.165, 1.54) is 0 Å². The predicted molar refractivity (Wildman–Crippen MR) is 50.9 cm³/mol. The van der Waals surface area contributed by atoms with Crippen LogP contribution in [0.3, 0.4) is 0 Å². The fourth-order valence-electron chi connectivity index (χ4n) is 1.96. The Labute approximate surface area is 75.3 Å². The van der Waals surface area contributed by atoms with Crippen molar-refractivity contribution >= 4 is 9.84 Å². The third-order valence-corrected chi connectivity index (χ3v) is 6.87. The minimum absolute atomic E-state index is 0.0920. The standard InChI is InChI=1S/C9H18O2S/c1-7-6-8(2,3)9(4,5)12(7,10)11/h7H,6H2,1-5H3. The summed E-state index contributed by atoms with van der Waals surface area (Å²) in [6.07, 6.45) is 0.780. The summed E-state index contributed by atoms with van der Waals surface area (Å²) >= 11 is 0. The van der Waals surface area contributed by atoms with Gasteiger partial charge in [-0.1, -0.05) is 13.8 Å². The Balaban J connectivity index is 3.29. The zero-order valence-corrected chi connectivity index (χ0v) is 9.33. The maximum atomic E-state index is 11.8. The van der Waals surface area contributed by atoms with Gasteiger partial charge in [0.15, 0.2) is 9.84 Å². The largest absolute Gasteiger partial charge is 0.228 e. The average Bonchev–Trinajstić information content (AvgIpc) is 1.92. The molecule has 3 heteroatoms. The summed E-state index contributed by atoms with van der Waals surface area (Å²) in [6, 6.07) is 0. The molecule has 0 aliphatic carbocycles. The van der Waals surface area contributed by atoms with Gasteiger partial charge in [0.1, 0.15) is 0 Å². The fraction of sp³-hybridized carbons (Fsp3) is 1.00. The van der Waals surface area contributed by atoms with Crippen LogP contribution in [0.4, 0.5) is 0 Å². The van der Waals surface area contributed by atoms with Gasteiger partial charge in [-0.3, -0.25) is 0 Å². The normalized spacial score (nSPS) is 36.6. The molecule has 0 radical (unpaired) electrons. The van der Waals surface area contributed by atoms with Gasteiger partial charge in [0.05, 0.1) is 10.00 Å².